The zero-order valence-electron chi connectivity index (χ0n) is 8.30. The molecule has 0 unspecified atom stereocenters. The van der Waals surface area contributed by atoms with E-state index in [-0.39, 0.29) is 0 Å². The predicted molar refractivity (Wildman–Crippen MR) is 54.9 cm³/mol. The quantitative estimate of drug-likeness (QED) is 0.821. The Morgan fingerprint density at radius 1 is 1.47 bits per heavy atom. The van der Waals surface area contributed by atoms with Gasteiger partial charge < -0.3 is 14.9 Å². The summed E-state index contributed by atoms with van der Waals surface area (Å²) in [5, 5.41) is 0. The van der Waals surface area contributed by atoms with Gasteiger partial charge >= 0.3 is 0 Å². The van der Waals surface area contributed by atoms with Crippen LogP contribution in [-0.2, 0) is 11.3 Å². The Hall–Kier alpha value is -1.88. The maximum absolute atomic E-state index is 5.65. The molecular formula is C10H11N3O2. The average molecular weight is 205 g/mol. The molecule has 2 rings (SSSR count). The van der Waals surface area contributed by atoms with Crippen molar-refractivity contribution in [2.75, 3.05) is 12.8 Å². The largest absolute Gasteiger partial charge is 0.463 e. The second-order valence-corrected chi connectivity index (χ2v) is 3.00. The van der Waals surface area contributed by atoms with E-state index in [9.17, 15) is 0 Å². The summed E-state index contributed by atoms with van der Waals surface area (Å²) < 4.78 is 10.2. The number of nitrogen functional groups attached to an aromatic ring is 1. The van der Waals surface area contributed by atoms with E-state index in [1.165, 1.54) is 0 Å². The van der Waals surface area contributed by atoms with Gasteiger partial charge in [-0.25, -0.2) is 9.97 Å². The summed E-state index contributed by atoms with van der Waals surface area (Å²) >= 11 is 0. The molecule has 0 aromatic carbocycles. The fourth-order valence-corrected chi connectivity index (χ4v) is 1.26. The third kappa shape index (κ3) is 2.13. The molecule has 0 radical (unpaired) electrons. The van der Waals surface area contributed by atoms with Crippen LogP contribution in [0, 0.1) is 0 Å². The highest BCUT2D eigenvalue weighted by Gasteiger charge is 2.06. The zero-order chi connectivity index (χ0) is 10.7. The minimum atomic E-state index is 0.332. The summed E-state index contributed by atoms with van der Waals surface area (Å²) in [6.45, 7) is 0.332. The highest BCUT2D eigenvalue weighted by atomic mass is 16.5. The molecule has 2 N–H and O–H groups in total. The molecule has 2 aromatic rings. The minimum Gasteiger partial charge on any atom is -0.463 e. The van der Waals surface area contributed by atoms with Gasteiger partial charge in [-0.1, -0.05) is 0 Å². The number of methoxy groups -OCH3 is 1. The van der Waals surface area contributed by atoms with Crippen LogP contribution in [-0.4, -0.2) is 17.1 Å². The number of hydrogen-bond donors (Lipinski definition) is 1. The van der Waals surface area contributed by atoms with E-state index in [1.807, 2.05) is 6.07 Å². The van der Waals surface area contributed by atoms with Crippen molar-refractivity contribution in [2.45, 2.75) is 6.61 Å². The first-order valence-electron chi connectivity index (χ1n) is 4.46. The summed E-state index contributed by atoms with van der Waals surface area (Å²) in [6.07, 6.45) is 1.59. The van der Waals surface area contributed by atoms with E-state index in [1.54, 1.807) is 25.5 Å². The Morgan fingerprint density at radius 3 is 3.00 bits per heavy atom. The van der Waals surface area contributed by atoms with Crippen molar-refractivity contribution in [3.05, 3.63) is 30.3 Å². The maximum Gasteiger partial charge on any atom is 0.157 e. The number of anilines is 1. The van der Waals surface area contributed by atoms with E-state index < -0.39 is 0 Å². The molecule has 0 fully saturated rings. The van der Waals surface area contributed by atoms with E-state index in [4.69, 9.17) is 14.9 Å². The standard InChI is InChI=1S/C10H11N3O2/c1-14-6-10-12-7(5-9(11)13-10)8-3-2-4-15-8/h2-5H,6H2,1H3,(H2,11,12,13). The van der Waals surface area contributed by atoms with Gasteiger partial charge in [-0.3, -0.25) is 0 Å². The Morgan fingerprint density at radius 2 is 2.33 bits per heavy atom. The second kappa shape index (κ2) is 4.10. The lowest BCUT2D eigenvalue weighted by molar-refractivity contribution is 0.178. The number of ether oxygens (including phenoxy) is 1. The van der Waals surface area contributed by atoms with Gasteiger partial charge in [-0.2, -0.15) is 0 Å². The number of aromatic nitrogens is 2. The summed E-state index contributed by atoms with van der Waals surface area (Å²) in [5.41, 5.74) is 6.31. The van der Waals surface area contributed by atoms with Crippen LogP contribution in [0.15, 0.2) is 28.9 Å². The smallest absolute Gasteiger partial charge is 0.157 e. The SMILES string of the molecule is COCc1nc(N)cc(-c2ccco2)n1. The Balaban J connectivity index is 2.40. The van der Waals surface area contributed by atoms with Crippen LogP contribution in [0.4, 0.5) is 5.82 Å². The number of hydrogen-bond acceptors (Lipinski definition) is 5. The number of nitrogens with zero attached hydrogens (tertiary/aromatic N) is 2. The van der Waals surface area contributed by atoms with Gasteiger partial charge in [0.05, 0.1) is 6.26 Å². The van der Waals surface area contributed by atoms with Crippen molar-refractivity contribution in [3.63, 3.8) is 0 Å². The Labute approximate surface area is 86.9 Å². The van der Waals surface area contributed by atoms with Gasteiger partial charge in [-0.05, 0) is 12.1 Å². The van der Waals surface area contributed by atoms with E-state index >= 15 is 0 Å². The van der Waals surface area contributed by atoms with Crippen LogP contribution >= 0.6 is 0 Å². The molecule has 2 aromatic heterocycles. The molecule has 0 amide bonds. The third-order valence-corrected chi connectivity index (χ3v) is 1.84. The molecule has 0 aliphatic carbocycles. The molecule has 0 bridgehead atoms. The fraction of sp³-hybridized carbons (Fsp3) is 0.200. The molecule has 2 heterocycles. The van der Waals surface area contributed by atoms with Crippen molar-refractivity contribution in [1.29, 1.82) is 0 Å². The van der Waals surface area contributed by atoms with Crippen molar-refractivity contribution < 1.29 is 9.15 Å². The minimum absolute atomic E-state index is 0.332. The lowest BCUT2D eigenvalue weighted by atomic mass is 10.3. The Kier molecular flexibility index (Phi) is 2.64. The van der Waals surface area contributed by atoms with Crippen LogP contribution in [0.3, 0.4) is 0 Å². The molecule has 5 nitrogen and oxygen atoms in total. The van der Waals surface area contributed by atoms with Crippen molar-refractivity contribution >= 4 is 5.82 Å². The normalized spacial score (nSPS) is 10.5. The fourth-order valence-electron chi connectivity index (χ4n) is 1.26. The van der Waals surface area contributed by atoms with Gasteiger partial charge in [0.25, 0.3) is 0 Å². The number of rotatable bonds is 3. The molecule has 0 saturated carbocycles. The van der Waals surface area contributed by atoms with Gasteiger partial charge in [0.15, 0.2) is 11.6 Å². The van der Waals surface area contributed by atoms with Crippen molar-refractivity contribution in [1.82, 2.24) is 9.97 Å². The first-order valence-corrected chi connectivity index (χ1v) is 4.46. The predicted octanol–water partition coefficient (Wildman–Crippen LogP) is 1.47. The molecule has 0 saturated heterocycles. The molecule has 15 heavy (non-hydrogen) atoms. The second-order valence-electron chi connectivity index (χ2n) is 3.00. The van der Waals surface area contributed by atoms with Crippen LogP contribution in [0.25, 0.3) is 11.5 Å². The molecule has 0 atom stereocenters. The molecule has 0 aliphatic heterocycles. The molecular weight excluding hydrogens is 194 g/mol. The first kappa shape index (κ1) is 9.67. The summed E-state index contributed by atoms with van der Waals surface area (Å²) in [7, 11) is 1.58. The summed E-state index contributed by atoms with van der Waals surface area (Å²) in [6, 6.07) is 5.28. The maximum atomic E-state index is 5.65. The van der Waals surface area contributed by atoms with Crippen LogP contribution in [0.1, 0.15) is 5.82 Å². The van der Waals surface area contributed by atoms with Crippen molar-refractivity contribution in [2.24, 2.45) is 0 Å². The third-order valence-electron chi connectivity index (χ3n) is 1.84. The van der Waals surface area contributed by atoms with Crippen LogP contribution < -0.4 is 5.73 Å². The summed E-state index contributed by atoms with van der Waals surface area (Å²) in [5.74, 6) is 1.62. The van der Waals surface area contributed by atoms with Gasteiger partial charge in [0.1, 0.15) is 18.1 Å². The highest BCUT2D eigenvalue weighted by molar-refractivity contribution is 5.55. The topological polar surface area (TPSA) is 74.2 Å². The molecule has 0 spiro atoms. The lowest BCUT2D eigenvalue weighted by Gasteiger charge is -2.02. The van der Waals surface area contributed by atoms with Gasteiger partial charge in [-0.15, -0.1) is 0 Å². The molecule has 78 valence electrons. The first-order chi connectivity index (χ1) is 7.29. The van der Waals surface area contributed by atoms with Crippen LogP contribution in [0.2, 0.25) is 0 Å². The molecule has 0 aliphatic rings. The monoisotopic (exact) mass is 205 g/mol. The van der Waals surface area contributed by atoms with Crippen molar-refractivity contribution in [3.8, 4) is 11.5 Å². The van der Waals surface area contributed by atoms with Gasteiger partial charge in [0, 0.05) is 13.2 Å². The highest BCUT2D eigenvalue weighted by Crippen LogP contribution is 2.19. The summed E-state index contributed by atoms with van der Waals surface area (Å²) in [4.78, 5) is 8.29. The zero-order valence-corrected chi connectivity index (χ0v) is 8.30. The average Bonchev–Trinajstić information content (AvgIpc) is 2.70. The molecule has 5 heteroatoms. The van der Waals surface area contributed by atoms with E-state index in [2.05, 4.69) is 9.97 Å². The number of furan rings is 1. The van der Waals surface area contributed by atoms with Crippen LogP contribution in [0.5, 0.6) is 0 Å². The Bertz CT molecular complexity index is 440. The van der Waals surface area contributed by atoms with Gasteiger partial charge in [0.2, 0.25) is 0 Å². The van der Waals surface area contributed by atoms with E-state index in [0.717, 1.165) is 0 Å². The lowest BCUT2D eigenvalue weighted by Crippen LogP contribution is -2.01. The number of nitrogens with two attached hydrogens (primary N) is 1. The van der Waals surface area contributed by atoms with E-state index in [0.29, 0.717) is 29.7 Å².